The molecule has 6 heteroatoms. The summed E-state index contributed by atoms with van der Waals surface area (Å²) in [4.78, 5) is 15.3. The van der Waals surface area contributed by atoms with Crippen molar-refractivity contribution in [3.63, 3.8) is 0 Å². The summed E-state index contributed by atoms with van der Waals surface area (Å²) < 4.78 is 30.1. The van der Waals surface area contributed by atoms with Crippen molar-refractivity contribution in [2.75, 3.05) is 11.5 Å². The van der Waals surface area contributed by atoms with Crippen LogP contribution in [0.25, 0.3) is 11.0 Å². The van der Waals surface area contributed by atoms with Crippen LogP contribution >= 0.6 is 0 Å². The average molecular weight is 468 g/mol. The van der Waals surface area contributed by atoms with Crippen LogP contribution in [0.1, 0.15) is 56.4 Å². The fraction of sp³-hybridized carbons (Fsp3) is 0.444. The van der Waals surface area contributed by atoms with E-state index in [-0.39, 0.29) is 35.3 Å². The molecule has 2 aromatic carbocycles. The molecule has 3 aromatic rings. The molecule has 0 spiro atoms. The Morgan fingerprint density at radius 2 is 1.79 bits per heavy atom. The van der Waals surface area contributed by atoms with Gasteiger partial charge in [0.1, 0.15) is 5.58 Å². The lowest BCUT2D eigenvalue weighted by Crippen LogP contribution is -2.41. The zero-order chi connectivity index (χ0) is 23.8. The van der Waals surface area contributed by atoms with E-state index in [0.717, 1.165) is 28.5 Å². The van der Waals surface area contributed by atoms with Crippen molar-refractivity contribution >= 4 is 26.7 Å². The summed E-state index contributed by atoms with van der Waals surface area (Å²) in [5.74, 6) is 0.104. The van der Waals surface area contributed by atoms with Gasteiger partial charge in [-0.1, -0.05) is 58.0 Å². The number of carbonyl (C=O) groups excluding carboxylic acids is 1. The van der Waals surface area contributed by atoms with Gasteiger partial charge in [0.05, 0.1) is 24.2 Å². The molecule has 0 N–H and O–H groups in total. The summed E-state index contributed by atoms with van der Waals surface area (Å²) in [6.07, 6.45) is 3.29. The summed E-state index contributed by atoms with van der Waals surface area (Å²) in [5.41, 5.74) is 5.02. The minimum atomic E-state index is -3.11. The Hall–Kier alpha value is -2.60. The van der Waals surface area contributed by atoms with Crippen molar-refractivity contribution in [1.29, 1.82) is 0 Å². The van der Waals surface area contributed by atoms with E-state index in [1.165, 1.54) is 11.1 Å². The van der Waals surface area contributed by atoms with Gasteiger partial charge in [-0.25, -0.2) is 8.42 Å². The molecule has 1 fully saturated rings. The highest BCUT2D eigenvalue weighted by Crippen LogP contribution is 2.30. The molecule has 0 saturated carbocycles. The van der Waals surface area contributed by atoms with Crippen molar-refractivity contribution in [2.45, 2.75) is 65.0 Å². The van der Waals surface area contributed by atoms with Crippen molar-refractivity contribution in [3.05, 3.63) is 71.0 Å². The fourth-order valence-corrected chi connectivity index (χ4v) is 6.20. The maximum Gasteiger partial charge on any atom is 0.227 e. The molecule has 1 saturated heterocycles. The number of sulfone groups is 1. The summed E-state index contributed by atoms with van der Waals surface area (Å²) in [6, 6.07) is 14.0. The van der Waals surface area contributed by atoms with Crippen LogP contribution in [-0.4, -0.2) is 36.8 Å². The zero-order valence-electron chi connectivity index (χ0n) is 19.9. The van der Waals surface area contributed by atoms with Crippen LogP contribution in [0.5, 0.6) is 0 Å². The van der Waals surface area contributed by atoms with E-state index in [9.17, 15) is 13.2 Å². The average Bonchev–Trinajstić information content (AvgIpc) is 3.34. The Labute approximate surface area is 196 Å². The minimum Gasteiger partial charge on any atom is -0.464 e. The zero-order valence-corrected chi connectivity index (χ0v) is 20.7. The van der Waals surface area contributed by atoms with Gasteiger partial charge in [-0.05, 0) is 47.1 Å². The largest absolute Gasteiger partial charge is 0.464 e. The van der Waals surface area contributed by atoms with Gasteiger partial charge in [0.2, 0.25) is 5.91 Å². The maximum absolute atomic E-state index is 13.6. The lowest BCUT2D eigenvalue weighted by molar-refractivity contribution is -0.133. The molecule has 176 valence electrons. The third-order valence-electron chi connectivity index (χ3n) is 6.62. The second-order valence-corrected chi connectivity index (χ2v) is 12.4. The summed E-state index contributed by atoms with van der Waals surface area (Å²) in [5, 5.41) is 0.946. The van der Waals surface area contributed by atoms with E-state index in [0.29, 0.717) is 13.0 Å². The number of furan rings is 1. The van der Waals surface area contributed by atoms with Crippen LogP contribution in [0, 0.1) is 0 Å². The van der Waals surface area contributed by atoms with Crippen LogP contribution < -0.4 is 0 Å². The number of fused-ring (bicyclic) bond motifs is 1. The molecule has 0 bridgehead atoms. The third-order valence-corrected chi connectivity index (χ3v) is 8.37. The molecule has 1 unspecified atom stereocenters. The number of hydrogen-bond donors (Lipinski definition) is 0. The number of aryl methyl sites for hydroxylation is 1. The number of hydrogen-bond acceptors (Lipinski definition) is 4. The van der Waals surface area contributed by atoms with Crippen molar-refractivity contribution in [3.8, 4) is 0 Å². The Morgan fingerprint density at radius 3 is 2.39 bits per heavy atom. The third kappa shape index (κ3) is 5.32. The number of amides is 1. The van der Waals surface area contributed by atoms with E-state index in [2.05, 4.69) is 52.0 Å². The first kappa shape index (κ1) is 23.6. The topological polar surface area (TPSA) is 67.6 Å². The van der Waals surface area contributed by atoms with Crippen molar-refractivity contribution < 1.29 is 17.6 Å². The molecular formula is C27H33NO4S. The summed E-state index contributed by atoms with van der Waals surface area (Å²) >= 11 is 0. The molecule has 0 radical (unpaired) electrons. The monoisotopic (exact) mass is 467 g/mol. The van der Waals surface area contributed by atoms with E-state index in [1.807, 2.05) is 18.2 Å². The van der Waals surface area contributed by atoms with Crippen LogP contribution in [0.15, 0.2) is 53.1 Å². The molecule has 1 aliphatic heterocycles. The smallest absolute Gasteiger partial charge is 0.227 e. The second-order valence-electron chi connectivity index (χ2n) is 10.1. The first-order valence-corrected chi connectivity index (χ1v) is 13.5. The first-order valence-electron chi connectivity index (χ1n) is 11.6. The molecule has 4 rings (SSSR count). The lowest BCUT2D eigenvalue weighted by Gasteiger charge is -2.28. The Kier molecular flexibility index (Phi) is 6.41. The number of carbonyl (C=O) groups is 1. The van der Waals surface area contributed by atoms with Gasteiger partial charge >= 0.3 is 0 Å². The van der Waals surface area contributed by atoms with E-state index >= 15 is 0 Å². The van der Waals surface area contributed by atoms with Gasteiger partial charge < -0.3 is 9.32 Å². The Bertz CT molecular complexity index is 1250. The minimum absolute atomic E-state index is 0.0123. The predicted molar refractivity (Wildman–Crippen MR) is 132 cm³/mol. The molecule has 0 aliphatic carbocycles. The van der Waals surface area contributed by atoms with Gasteiger partial charge in [-0.3, -0.25) is 4.79 Å². The molecule has 1 aromatic heterocycles. The molecular weight excluding hydrogens is 434 g/mol. The van der Waals surface area contributed by atoms with Crippen LogP contribution in [-0.2, 0) is 39.4 Å². The van der Waals surface area contributed by atoms with Crippen LogP contribution in [0.2, 0.25) is 0 Å². The standard InChI is InChI=1S/C27H33NO4S/c1-5-19-6-8-20(9-7-19)16-28(23-12-13-33(30,31)18-23)26(29)14-21-17-32-25-11-10-22(15-24(21)25)27(2,3)4/h6-11,15,17,23H,5,12-14,16,18H2,1-4H3. The lowest BCUT2D eigenvalue weighted by atomic mass is 9.86. The molecule has 5 nitrogen and oxygen atoms in total. The summed E-state index contributed by atoms with van der Waals surface area (Å²) in [6.45, 7) is 8.99. The van der Waals surface area contributed by atoms with Crippen LogP contribution in [0.4, 0.5) is 0 Å². The SMILES string of the molecule is CCc1ccc(CN(C(=O)Cc2coc3ccc(C(C)(C)C)cc23)C2CCS(=O)(=O)C2)cc1. The number of benzene rings is 2. The Balaban J connectivity index is 1.62. The highest BCUT2D eigenvalue weighted by molar-refractivity contribution is 7.91. The van der Waals surface area contributed by atoms with Crippen molar-refractivity contribution in [2.24, 2.45) is 0 Å². The molecule has 2 heterocycles. The van der Waals surface area contributed by atoms with Crippen molar-refractivity contribution in [1.82, 2.24) is 4.90 Å². The second kappa shape index (κ2) is 8.98. The molecule has 1 atom stereocenters. The van der Waals surface area contributed by atoms with Crippen LogP contribution in [0.3, 0.4) is 0 Å². The fourth-order valence-electron chi connectivity index (χ4n) is 4.47. The van der Waals surface area contributed by atoms with Gasteiger partial charge in [-0.2, -0.15) is 0 Å². The van der Waals surface area contributed by atoms with Gasteiger partial charge in [0.25, 0.3) is 0 Å². The summed E-state index contributed by atoms with van der Waals surface area (Å²) in [7, 11) is -3.11. The van der Waals surface area contributed by atoms with E-state index in [1.54, 1.807) is 11.2 Å². The molecule has 1 amide bonds. The van der Waals surface area contributed by atoms with Gasteiger partial charge in [0, 0.05) is 23.5 Å². The predicted octanol–water partition coefficient (Wildman–Crippen LogP) is 5.05. The number of nitrogens with zero attached hydrogens (tertiary/aromatic N) is 1. The quantitative estimate of drug-likeness (QED) is 0.509. The highest BCUT2D eigenvalue weighted by Gasteiger charge is 2.35. The number of rotatable bonds is 6. The molecule has 33 heavy (non-hydrogen) atoms. The molecule has 1 aliphatic rings. The first-order chi connectivity index (χ1) is 15.6. The Morgan fingerprint density at radius 1 is 1.09 bits per heavy atom. The van der Waals surface area contributed by atoms with E-state index in [4.69, 9.17) is 4.42 Å². The normalized spacial score (nSPS) is 18.0. The van der Waals surface area contributed by atoms with Gasteiger partial charge in [0.15, 0.2) is 9.84 Å². The van der Waals surface area contributed by atoms with E-state index < -0.39 is 9.84 Å². The highest BCUT2D eigenvalue weighted by atomic mass is 32.2. The van der Waals surface area contributed by atoms with Gasteiger partial charge in [-0.15, -0.1) is 0 Å². The maximum atomic E-state index is 13.6.